The van der Waals surface area contributed by atoms with Crippen LogP contribution in [0, 0.1) is 5.92 Å². The Labute approximate surface area is 177 Å². The number of para-hydroxylation sites is 2. The molecule has 3 aromatic rings. The van der Waals surface area contributed by atoms with Gasteiger partial charge in [0.15, 0.2) is 5.78 Å². The summed E-state index contributed by atoms with van der Waals surface area (Å²) in [5.74, 6) is 0.730. The van der Waals surface area contributed by atoms with E-state index in [1.807, 2.05) is 24.3 Å². The number of amides is 1. The van der Waals surface area contributed by atoms with Crippen molar-refractivity contribution in [1.82, 2.24) is 15.3 Å². The summed E-state index contributed by atoms with van der Waals surface area (Å²) in [4.78, 5) is 33.5. The maximum atomic E-state index is 12.8. The number of Topliss-reactive ketones (excluding diaryl/α,β-unsaturated/α-hetero) is 1. The highest BCUT2D eigenvalue weighted by Gasteiger charge is 2.54. The van der Waals surface area contributed by atoms with E-state index in [4.69, 9.17) is 23.2 Å². The Kier molecular flexibility index (Phi) is 4.41. The van der Waals surface area contributed by atoms with Crippen molar-refractivity contribution in [2.45, 2.75) is 37.1 Å². The summed E-state index contributed by atoms with van der Waals surface area (Å²) >= 11 is 12.1. The summed E-state index contributed by atoms with van der Waals surface area (Å²) in [6.07, 6.45) is 2.31. The molecule has 2 saturated carbocycles. The fourth-order valence-electron chi connectivity index (χ4n) is 3.93. The molecule has 7 heteroatoms. The van der Waals surface area contributed by atoms with E-state index in [2.05, 4.69) is 15.3 Å². The third kappa shape index (κ3) is 3.65. The Morgan fingerprint density at radius 3 is 2.55 bits per heavy atom. The number of H-pyrrole nitrogens is 1. The standard InChI is InChI=1S/C22H19Cl2N3O2/c23-13-7-12(8-14(24)10-13)9-19(28)22(5-6-22)27-21(29)16-11-15(16)20-25-17-3-1-2-4-18(17)26-20/h1-4,7-8,10,15-16H,5-6,9,11H2,(H,25,26)(H,27,29)/t15-,16-/m0/s1. The first-order valence-corrected chi connectivity index (χ1v) is 10.4. The molecule has 1 aromatic heterocycles. The zero-order chi connectivity index (χ0) is 20.2. The van der Waals surface area contributed by atoms with Crippen LogP contribution in [0.1, 0.15) is 36.6 Å². The van der Waals surface area contributed by atoms with E-state index in [9.17, 15) is 9.59 Å². The number of rotatable bonds is 6. The zero-order valence-electron chi connectivity index (χ0n) is 15.5. The van der Waals surface area contributed by atoms with E-state index >= 15 is 0 Å². The topological polar surface area (TPSA) is 74.8 Å². The molecule has 2 N–H and O–H groups in total. The van der Waals surface area contributed by atoms with Gasteiger partial charge in [-0.2, -0.15) is 0 Å². The van der Waals surface area contributed by atoms with Crippen molar-refractivity contribution in [2.75, 3.05) is 0 Å². The van der Waals surface area contributed by atoms with Gasteiger partial charge in [0.2, 0.25) is 5.91 Å². The molecule has 29 heavy (non-hydrogen) atoms. The molecular weight excluding hydrogens is 409 g/mol. The molecule has 1 amide bonds. The minimum absolute atomic E-state index is 0.00474. The lowest BCUT2D eigenvalue weighted by Crippen LogP contribution is -2.44. The normalized spacial score (nSPS) is 21.7. The molecule has 5 nitrogen and oxygen atoms in total. The second-order valence-electron chi connectivity index (χ2n) is 8.04. The molecule has 148 valence electrons. The fourth-order valence-corrected chi connectivity index (χ4v) is 4.50. The predicted octanol–water partition coefficient (Wildman–Crippen LogP) is 4.43. The third-order valence-electron chi connectivity index (χ3n) is 5.82. The summed E-state index contributed by atoms with van der Waals surface area (Å²) in [6.45, 7) is 0. The number of carbonyl (C=O) groups excluding carboxylic acids is 2. The summed E-state index contributed by atoms with van der Waals surface area (Å²) in [5.41, 5.74) is 1.90. The monoisotopic (exact) mass is 427 g/mol. The number of halogens is 2. The molecule has 2 aliphatic rings. The third-order valence-corrected chi connectivity index (χ3v) is 6.26. The van der Waals surface area contributed by atoms with Crippen LogP contribution in [-0.2, 0) is 16.0 Å². The van der Waals surface area contributed by atoms with Crippen molar-refractivity contribution < 1.29 is 9.59 Å². The van der Waals surface area contributed by atoms with Gasteiger partial charge in [0.05, 0.1) is 16.6 Å². The van der Waals surface area contributed by atoms with Gasteiger partial charge in [0, 0.05) is 28.3 Å². The van der Waals surface area contributed by atoms with Gasteiger partial charge >= 0.3 is 0 Å². The van der Waals surface area contributed by atoms with E-state index in [0.29, 0.717) is 22.9 Å². The number of hydrogen-bond donors (Lipinski definition) is 2. The van der Waals surface area contributed by atoms with Gasteiger partial charge in [-0.3, -0.25) is 9.59 Å². The number of nitrogens with one attached hydrogen (secondary N) is 2. The van der Waals surface area contributed by atoms with Crippen molar-refractivity contribution in [3.63, 3.8) is 0 Å². The van der Waals surface area contributed by atoms with Crippen LogP contribution in [0.2, 0.25) is 10.0 Å². The van der Waals surface area contributed by atoms with Crippen molar-refractivity contribution >= 4 is 45.9 Å². The largest absolute Gasteiger partial charge is 0.343 e. The minimum Gasteiger partial charge on any atom is -0.343 e. The Morgan fingerprint density at radius 1 is 1.14 bits per heavy atom. The van der Waals surface area contributed by atoms with E-state index in [0.717, 1.165) is 28.8 Å². The second kappa shape index (κ2) is 6.85. The van der Waals surface area contributed by atoms with Gasteiger partial charge in [-0.1, -0.05) is 35.3 Å². The van der Waals surface area contributed by atoms with Gasteiger partial charge < -0.3 is 10.3 Å². The van der Waals surface area contributed by atoms with Crippen LogP contribution in [0.15, 0.2) is 42.5 Å². The fraction of sp³-hybridized carbons (Fsp3) is 0.318. The Morgan fingerprint density at radius 2 is 1.86 bits per heavy atom. The van der Waals surface area contributed by atoms with Crippen LogP contribution in [0.25, 0.3) is 11.0 Å². The Hall–Kier alpha value is -2.37. The number of imidazole rings is 1. The molecule has 0 saturated heterocycles. The molecule has 0 spiro atoms. The summed E-state index contributed by atoms with van der Waals surface area (Å²) in [7, 11) is 0. The maximum absolute atomic E-state index is 12.8. The summed E-state index contributed by atoms with van der Waals surface area (Å²) in [5, 5.41) is 4.02. The van der Waals surface area contributed by atoms with Gasteiger partial charge in [-0.05, 0) is 55.2 Å². The molecule has 5 rings (SSSR count). The van der Waals surface area contributed by atoms with Crippen molar-refractivity contribution in [2.24, 2.45) is 5.92 Å². The number of hydrogen-bond acceptors (Lipinski definition) is 3. The molecule has 1 heterocycles. The minimum atomic E-state index is -0.743. The second-order valence-corrected chi connectivity index (χ2v) is 8.91. The lowest BCUT2D eigenvalue weighted by Gasteiger charge is -2.16. The highest BCUT2D eigenvalue weighted by atomic mass is 35.5. The van der Waals surface area contributed by atoms with Gasteiger partial charge in [-0.25, -0.2) is 4.98 Å². The van der Waals surface area contributed by atoms with Gasteiger partial charge in [0.25, 0.3) is 0 Å². The van der Waals surface area contributed by atoms with Crippen LogP contribution >= 0.6 is 23.2 Å². The van der Waals surface area contributed by atoms with E-state index in [1.165, 1.54) is 0 Å². The van der Waals surface area contributed by atoms with Crippen molar-refractivity contribution in [1.29, 1.82) is 0 Å². The summed E-state index contributed by atoms with van der Waals surface area (Å²) in [6, 6.07) is 12.9. The van der Waals surface area contributed by atoms with Crippen molar-refractivity contribution in [3.05, 3.63) is 63.9 Å². The first-order chi connectivity index (χ1) is 13.9. The molecule has 0 bridgehead atoms. The highest BCUT2D eigenvalue weighted by molar-refractivity contribution is 6.34. The first-order valence-electron chi connectivity index (χ1n) is 9.68. The quantitative estimate of drug-likeness (QED) is 0.610. The van der Waals surface area contributed by atoms with E-state index < -0.39 is 5.54 Å². The van der Waals surface area contributed by atoms with Crippen LogP contribution in [0.3, 0.4) is 0 Å². The molecule has 2 aromatic carbocycles. The molecule has 0 radical (unpaired) electrons. The van der Waals surface area contributed by atoms with Gasteiger partial charge in [-0.15, -0.1) is 0 Å². The van der Waals surface area contributed by atoms with E-state index in [1.54, 1.807) is 18.2 Å². The average molecular weight is 428 g/mol. The molecule has 2 atom stereocenters. The summed E-state index contributed by atoms with van der Waals surface area (Å²) < 4.78 is 0. The molecule has 2 aliphatic carbocycles. The number of nitrogens with zero attached hydrogens (tertiary/aromatic N) is 1. The van der Waals surface area contributed by atoms with Crippen LogP contribution < -0.4 is 5.32 Å². The van der Waals surface area contributed by atoms with Gasteiger partial charge in [0.1, 0.15) is 5.82 Å². The van der Waals surface area contributed by atoms with Crippen LogP contribution in [0.4, 0.5) is 0 Å². The number of aromatic amines is 1. The molecular formula is C22H19Cl2N3O2. The Bertz CT molecular complexity index is 1080. The number of fused-ring (bicyclic) bond motifs is 1. The lowest BCUT2D eigenvalue weighted by atomic mass is 10.0. The van der Waals surface area contributed by atoms with Crippen LogP contribution in [-0.4, -0.2) is 27.2 Å². The number of ketones is 1. The van der Waals surface area contributed by atoms with Crippen LogP contribution in [0.5, 0.6) is 0 Å². The predicted molar refractivity (Wildman–Crippen MR) is 112 cm³/mol. The molecule has 0 unspecified atom stereocenters. The molecule has 2 fully saturated rings. The zero-order valence-corrected chi connectivity index (χ0v) is 17.1. The average Bonchev–Trinajstić information content (AvgIpc) is 3.58. The Balaban J connectivity index is 1.24. The number of benzene rings is 2. The maximum Gasteiger partial charge on any atom is 0.224 e. The number of carbonyl (C=O) groups is 2. The smallest absolute Gasteiger partial charge is 0.224 e. The highest BCUT2D eigenvalue weighted by Crippen LogP contribution is 2.48. The van der Waals surface area contributed by atoms with Crippen molar-refractivity contribution in [3.8, 4) is 0 Å². The van der Waals surface area contributed by atoms with E-state index in [-0.39, 0.29) is 29.9 Å². The SMILES string of the molecule is O=C(NC1(C(=O)Cc2cc(Cl)cc(Cl)c2)CC1)[C@H]1C[C@@H]1c1nc2ccccc2[nH]1. The number of aromatic nitrogens is 2. The first kappa shape index (κ1) is 18.6. The molecule has 0 aliphatic heterocycles. The lowest BCUT2D eigenvalue weighted by molar-refractivity contribution is -0.129.